The van der Waals surface area contributed by atoms with Gasteiger partial charge in [-0.3, -0.25) is 0 Å². The van der Waals surface area contributed by atoms with Gasteiger partial charge in [0.25, 0.3) is 0 Å². The van der Waals surface area contributed by atoms with Crippen LogP contribution < -0.4 is 19.5 Å². The molecule has 1 heterocycles. The van der Waals surface area contributed by atoms with E-state index in [9.17, 15) is 0 Å². The smallest absolute Gasteiger partial charge is 0.164 e. The van der Waals surface area contributed by atoms with Gasteiger partial charge in [-0.15, -0.1) is 11.3 Å². The van der Waals surface area contributed by atoms with Gasteiger partial charge in [-0.1, -0.05) is 0 Å². The topological polar surface area (TPSA) is 52.6 Å². The lowest BCUT2D eigenvalue weighted by atomic mass is 10.1. The maximum atomic E-state index is 5.36. The number of aromatic nitrogens is 1. The van der Waals surface area contributed by atoms with Crippen LogP contribution in [0.25, 0.3) is 0 Å². The minimum atomic E-state index is 0.604. The Morgan fingerprint density at radius 2 is 1.74 bits per heavy atom. The molecule has 19 heavy (non-hydrogen) atoms. The summed E-state index contributed by atoms with van der Waals surface area (Å²) in [4.78, 5) is 4.17. The molecule has 0 spiro atoms. The Balaban J connectivity index is 2.22. The monoisotopic (exact) mass is 280 g/mol. The van der Waals surface area contributed by atoms with E-state index in [4.69, 9.17) is 14.2 Å². The number of ether oxygens (including phenoxy) is 3. The largest absolute Gasteiger partial charge is 0.496 e. The van der Waals surface area contributed by atoms with Crippen LogP contribution in [-0.2, 0) is 6.54 Å². The second-order valence-electron chi connectivity index (χ2n) is 3.75. The van der Waals surface area contributed by atoms with Gasteiger partial charge in [-0.05, 0) is 6.07 Å². The minimum absolute atomic E-state index is 0.604. The van der Waals surface area contributed by atoms with E-state index in [0.717, 1.165) is 17.1 Å². The first-order valence-electron chi connectivity index (χ1n) is 5.69. The van der Waals surface area contributed by atoms with Crippen molar-refractivity contribution in [3.63, 3.8) is 0 Å². The molecule has 1 aromatic heterocycles. The minimum Gasteiger partial charge on any atom is -0.496 e. The molecule has 0 aliphatic heterocycles. The fraction of sp³-hybridized carbons (Fsp3) is 0.308. The molecule has 0 aliphatic carbocycles. The van der Waals surface area contributed by atoms with Crippen molar-refractivity contribution in [3.05, 3.63) is 28.6 Å². The summed E-state index contributed by atoms with van der Waals surface area (Å²) in [6, 6.07) is 3.72. The van der Waals surface area contributed by atoms with Crippen LogP contribution in [-0.4, -0.2) is 26.3 Å². The van der Waals surface area contributed by atoms with E-state index in [1.54, 1.807) is 38.2 Å². The number of methoxy groups -OCH3 is 3. The van der Waals surface area contributed by atoms with Crippen molar-refractivity contribution in [1.82, 2.24) is 4.98 Å². The molecule has 0 amide bonds. The van der Waals surface area contributed by atoms with E-state index in [0.29, 0.717) is 18.0 Å². The first-order valence-corrected chi connectivity index (χ1v) is 6.63. The highest BCUT2D eigenvalue weighted by Crippen LogP contribution is 2.34. The van der Waals surface area contributed by atoms with Gasteiger partial charge in [-0.25, -0.2) is 4.98 Å². The Morgan fingerprint density at radius 3 is 2.32 bits per heavy atom. The third kappa shape index (κ3) is 3.08. The summed E-state index contributed by atoms with van der Waals surface area (Å²) in [5.41, 5.74) is 2.77. The molecule has 0 fully saturated rings. The molecule has 1 aromatic carbocycles. The van der Waals surface area contributed by atoms with Crippen molar-refractivity contribution in [2.45, 2.75) is 6.54 Å². The maximum Gasteiger partial charge on any atom is 0.164 e. The molecule has 0 radical (unpaired) electrons. The molecule has 0 unspecified atom stereocenters. The Kier molecular flexibility index (Phi) is 4.46. The van der Waals surface area contributed by atoms with E-state index in [2.05, 4.69) is 10.3 Å². The zero-order valence-corrected chi connectivity index (χ0v) is 11.9. The molecule has 1 N–H and O–H groups in total. The highest BCUT2D eigenvalue weighted by Gasteiger charge is 2.11. The number of rotatable bonds is 6. The summed E-state index contributed by atoms with van der Waals surface area (Å²) in [5, 5.41) is 5.18. The van der Waals surface area contributed by atoms with Crippen LogP contribution in [0, 0.1) is 0 Å². The van der Waals surface area contributed by atoms with E-state index in [-0.39, 0.29) is 0 Å². The van der Waals surface area contributed by atoms with Gasteiger partial charge in [0.1, 0.15) is 11.6 Å². The summed E-state index contributed by atoms with van der Waals surface area (Å²) < 4.78 is 15.9. The average Bonchev–Trinajstić information content (AvgIpc) is 2.97. The van der Waals surface area contributed by atoms with Crippen LogP contribution in [0.2, 0.25) is 0 Å². The lowest BCUT2D eigenvalue weighted by Gasteiger charge is -2.14. The third-order valence-electron chi connectivity index (χ3n) is 2.68. The molecule has 6 heteroatoms. The standard InChI is InChI=1S/C13H16N2O3S/c1-16-10-5-12(18-3)11(17-2)4-9(10)6-14-13-7-19-8-15-13/h4-5,7-8,14H,6H2,1-3H3. The summed E-state index contributed by atoms with van der Waals surface area (Å²) in [6.07, 6.45) is 0. The average molecular weight is 280 g/mol. The number of hydrogen-bond acceptors (Lipinski definition) is 6. The number of thiazole rings is 1. The molecule has 0 aliphatic rings. The van der Waals surface area contributed by atoms with Gasteiger partial charge >= 0.3 is 0 Å². The predicted octanol–water partition coefficient (Wildman–Crippen LogP) is 2.78. The van der Waals surface area contributed by atoms with Gasteiger partial charge in [0, 0.05) is 23.6 Å². The van der Waals surface area contributed by atoms with Gasteiger partial charge < -0.3 is 19.5 Å². The number of nitrogens with one attached hydrogen (secondary N) is 1. The second kappa shape index (κ2) is 6.29. The molecular weight excluding hydrogens is 264 g/mol. The Labute approximate surface area is 116 Å². The predicted molar refractivity (Wildman–Crippen MR) is 75.5 cm³/mol. The quantitative estimate of drug-likeness (QED) is 0.881. The van der Waals surface area contributed by atoms with Crippen molar-refractivity contribution in [1.29, 1.82) is 0 Å². The summed E-state index contributed by atoms with van der Waals surface area (Å²) >= 11 is 1.55. The molecule has 102 valence electrons. The van der Waals surface area contributed by atoms with Crippen molar-refractivity contribution < 1.29 is 14.2 Å². The van der Waals surface area contributed by atoms with Crippen LogP contribution in [0.1, 0.15) is 5.56 Å². The van der Waals surface area contributed by atoms with Crippen molar-refractivity contribution in [2.24, 2.45) is 0 Å². The SMILES string of the molecule is COc1cc(OC)c(OC)cc1CNc1cscn1. The maximum absolute atomic E-state index is 5.36. The molecule has 0 saturated carbocycles. The molecule has 2 rings (SSSR count). The van der Waals surface area contributed by atoms with Gasteiger partial charge in [0.05, 0.1) is 26.8 Å². The molecule has 0 atom stereocenters. The van der Waals surface area contributed by atoms with Gasteiger partial charge in [-0.2, -0.15) is 0 Å². The number of hydrogen-bond donors (Lipinski definition) is 1. The molecule has 0 saturated heterocycles. The van der Waals surface area contributed by atoms with Crippen molar-refractivity contribution in [2.75, 3.05) is 26.6 Å². The van der Waals surface area contributed by atoms with Gasteiger partial charge in [0.2, 0.25) is 0 Å². The highest BCUT2D eigenvalue weighted by molar-refractivity contribution is 7.07. The van der Waals surface area contributed by atoms with Crippen molar-refractivity contribution in [3.8, 4) is 17.2 Å². The van der Waals surface area contributed by atoms with Crippen LogP contribution in [0.5, 0.6) is 17.2 Å². The van der Waals surface area contributed by atoms with Crippen LogP contribution >= 0.6 is 11.3 Å². The number of benzene rings is 1. The lowest BCUT2D eigenvalue weighted by Crippen LogP contribution is -2.03. The van der Waals surface area contributed by atoms with Crippen molar-refractivity contribution >= 4 is 17.2 Å². The molecule has 2 aromatic rings. The summed E-state index contributed by atoms with van der Waals surface area (Å²) in [5.74, 6) is 2.93. The van der Waals surface area contributed by atoms with E-state index >= 15 is 0 Å². The number of anilines is 1. The zero-order chi connectivity index (χ0) is 13.7. The Hall–Kier alpha value is -1.95. The van der Waals surface area contributed by atoms with E-state index < -0.39 is 0 Å². The first-order chi connectivity index (χ1) is 9.28. The summed E-state index contributed by atoms with van der Waals surface area (Å²) in [7, 11) is 4.85. The van der Waals surface area contributed by atoms with Crippen LogP contribution in [0.4, 0.5) is 5.82 Å². The van der Waals surface area contributed by atoms with E-state index in [1.165, 1.54) is 0 Å². The Morgan fingerprint density at radius 1 is 1.05 bits per heavy atom. The van der Waals surface area contributed by atoms with Crippen LogP contribution in [0.3, 0.4) is 0 Å². The van der Waals surface area contributed by atoms with E-state index in [1.807, 2.05) is 17.5 Å². The fourth-order valence-corrected chi connectivity index (χ4v) is 2.22. The molecule has 0 bridgehead atoms. The first kappa shape index (κ1) is 13.5. The third-order valence-corrected chi connectivity index (χ3v) is 3.27. The molecular formula is C13H16N2O3S. The second-order valence-corrected chi connectivity index (χ2v) is 4.46. The normalized spacial score (nSPS) is 10.1. The van der Waals surface area contributed by atoms with Gasteiger partial charge in [0.15, 0.2) is 11.5 Å². The molecule has 5 nitrogen and oxygen atoms in total. The fourth-order valence-electron chi connectivity index (χ4n) is 1.72. The highest BCUT2D eigenvalue weighted by atomic mass is 32.1. The Bertz CT molecular complexity index is 529. The van der Waals surface area contributed by atoms with Crippen LogP contribution in [0.15, 0.2) is 23.0 Å². The number of nitrogens with zero attached hydrogens (tertiary/aromatic N) is 1. The lowest BCUT2D eigenvalue weighted by molar-refractivity contribution is 0.347. The zero-order valence-electron chi connectivity index (χ0n) is 11.1. The summed E-state index contributed by atoms with van der Waals surface area (Å²) in [6.45, 7) is 0.604.